The van der Waals surface area contributed by atoms with Crippen molar-refractivity contribution in [1.82, 2.24) is 4.57 Å². The Bertz CT molecular complexity index is 1090. The average molecular weight is 385 g/mol. The maximum absolute atomic E-state index is 13.9. The van der Waals surface area contributed by atoms with Crippen LogP contribution in [0.5, 0.6) is 5.75 Å². The van der Waals surface area contributed by atoms with Crippen LogP contribution in [0.25, 0.3) is 21.9 Å². The highest BCUT2D eigenvalue weighted by Gasteiger charge is 2.22. The molecule has 148 valence electrons. The average Bonchev–Trinajstić information content (AvgIpc) is 2.65. The molecule has 1 atom stereocenters. The van der Waals surface area contributed by atoms with Crippen molar-refractivity contribution in [3.63, 3.8) is 0 Å². The standard InChI is InChI=1S/C22H24FNO4/c1-12(2)21-20(14-4-7-19(23)13(3)8-14)17-6-5-15(26)9-18(17)22(28)24(21)10-16(27)11-25/h4-9,12,16,25-27H,10-11H2,1-3H3. The molecule has 2 aromatic carbocycles. The van der Waals surface area contributed by atoms with Crippen LogP contribution in [0.15, 0.2) is 41.2 Å². The van der Waals surface area contributed by atoms with Crippen LogP contribution >= 0.6 is 0 Å². The number of rotatable bonds is 5. The lowest BCUT2D eigenvalue weighted by Crippen LogP contribution is -2.32. The molecule has 3 N–H and O–H groups in total. The van der Waals surface area contributed by atoms with Crippen molar-refractivity contribution < 1.29 is 19.7 Å². The molecule has 1 unspecified atom stereocenters. The van der Waals surface area contributed by atoms with E-state index in [1.54, 1.807) is 25.1 Å². The van der Waals surface area contributed by atoms with Crippen LogP contribution in [0.1, 0.15) is 31.0 Å². The van der Waals surface area contributed by atoms with Gasteiger partial charge in [-0.15, -0.1) is 0 Å². The summed E-state index contributed by atoms with van der Waals surface area (Å²) in [5.74, 6) is -0.449. The van der Waals surface area contributed by atoms with Crippen LogP contribution in [0.2, 0.25) is 0 Å². The number of nitrogens with zero attached hydrogens (tertiary/aromatic N) is 1. The Morgan fingerprint density at radius 2 is 1.82 bits per heavy atom. The molecule has 0 aliphatic rings. The lowest BCUT2D eigenvalue weighted by molar-refractivity contribution is 0.0797. The van der Waals surface area contributed by atoms with Crippen LogP contribution in [0.4, 0.5) is 4.39 Å². The van der Waals surface area contributed by atoms with E-state index in [9.17, 15) is 24.5 Å². The number of fused-ring (bicyclic) bond motifs is 1. The lowest BCUT2D eigenvalue weighted by atomic mass is 9.91. The van der Waals surface area contributed by atoms with E-state index in [2.05, 4.69) is 0 Å². The van der Waals surface area contributed by atoms with E-state index in [1.165, 1.54) is 22.8 Å². The van der Waals surface area contributed by atoms with Gasteiger partial charge in [-0.2, -0.15) is 0 Å². The van der Waals surface area contributed by atoms with E-state index in [4.69, 9.17) is 0 Å². The number of halogens is 1. The van der Waals surface area contributed by atoms with Gasteiger partial charge in [0.25, 0.3) is 5.56 Å². The highest BCUT2D eigenvalue weighted by Crippen LogP contribution is 2.36. The Hall–Kier alpha value is -2.70. The highest BCUT2D eigenvalue weighted by molar-refractivity contribution is 5.98. The van der Waals surface area contributed by atoms with E-state index >= 15 is 0 Å². The van der Waals surface area contributed by atoms with Crippen molar-refractivity contribution in [2.75, 3.05) is 6.61 Å². The number of hydrogen-bond acceptors (Lipinski definition) is 4. The van der Waals surface area contributed by atoms with Gasteiger partial charge in [0.05, 0.1) is 24.6 Å². The molecule has 0 saturated heterocycles. The number of aromatic nitrogens is 1. The first-order valence-corrected chi connectivity index (χ1v) is 9.19. The zero-order chi connectivity index (χ0) is 20.6. The predicted molar refractivity (Wildman–Crippen MR) is 107 cm³/mol. The number of aliphatic hydroxyl groups excluding tert-OH is 2. The molecule has 5 nitrogen and oxygen atoms in total. The zero-order valence-electron chi connectivity index (χ0n) is 16.1. The molecule has 3 aromatic rings. The minimum absolute atomic E-state index is 0.0441. The fourth-order valence-electron chi connectivity index (χ4n) is 3.61. The third-order valence-electron chi connectivity index (χ3n) is 4.89. The SMILES string of the molecule is Cc1cc(-c2c(C(C)C)n(CC(O)CO)c(=O)c3cc(O)ccc23)ccc1F. The van der Waals surface area contributed by atoms with E-state index in [1.807, 2.05) is 13.8 Å². The fraction of sp³-hybridized carbons (Fsp3) is 0.318. The molecular formula is C22H24FNO4. The Morgan fingerprint density at radius 1 is 1.11 bits per heavy atom. The van der Waals surface area contributed by atoms with Crippen molar-refractivity contribution in [2.24, 2.45) is 0 Å². The van der Waals surface area contributed by atoms with Gasteiger partial charge < -0.3 is 19.9 Å². The van der Waals surface area contributed by atoms with Crippen LogP contribution < -0.4 is 5.56 Å². The van der Waals surface area contributed by atoms with Gasteiger partial charge in [-0.3, -0.25) is 4.79 Å². The first-order chi connectivity index (χ1) is 13.2. The zero-order valence-corrected chi connectivity index (χ0v) is 16.1. The minimum atomic E-state index is -1.10. The largest absolute Gasteiger partial charge is 0.508 e. The molecule has 6 heteroatoms. The third-order valence-corrected chi connectivity index (χ3v) is 4.89. The van der Waals surface area contributed by atoms with E-state index in [-0.39, 0.29) is 29.6 Å². The summed E-state index contributed by atoms with van der Waals surface area (Å²) in [5.41, 5.74) is 2.29. The summed E-state index contributed by atoms with van der Waals surface area (Å²) < 4.78 is 15.3. The molecule has 0 fully saturated rings. The Balaban J connectivity index is 2.48. The van der Waals surface area contributed by atoms with Crippen LogP contribution in [0, 0.1) is 12.7 Å². The van der Waals surface area contributed by atoms with E-state index < -0.39 is 12.7 Å². The smallest absolute Gasteiger partial charge is 0.258 e. The molecule has 3 rings (SSSR count). The molecule has 1 heterocycles. The molecule has 0 amide bonds. The van der Waals surface area contributed by atoms with Crippen molar-refractivity contribution in [2.45, 2.75) is 39.3 Å². The third kappa shape index (κ3) is 3.53. The van der Waals surface area contributed by atoms with Gasteiger partial charge in [0.15, 0.2) is 0 Å². The Kier molecular flexibility index (Phi) is 5.54. The molecule has 0 radical (unpaired) electrons. The number of phenols is 1. The summed E-state index contributed by atoms with van der Waals surface area (Å²) in [6, 6.07) is 9.35. The van der Waals surface area contributed by atoms with E-state index in [0.717, 1.165) is 11.1 Å². The maximum atomic E-state index is 13.9. The van der Waals surface area contributed by atoms with Crippen molar-refractivity contribution in [3.8, 4) is 16.9 Å². The Morgan fingerprint density at radius 3 is 2.43 bits per heavy atom. The number of phenolic OH excluding ortho intramolecular Hbond substituents is 1. The van der Waals surface area contributed by atoms with Crippen LogP contribution in [-0.4, -0.2) is 32.6 Å². The molecular weight excluding hydrogens is 361 g/mol. The topological polar surface area (TPSA) is 82.7 Å². The molecule has 0 bridgehead atoms. The summed E-state index contributed by atoms with van der Waals surface area (Å²) in [4.78, 5) is 13.2. The molecule has 0 aliphatic heterocycles. The number of aromatic hydroxyl groups is 1. The number of aryl methyl sites for hydroxylation is 1. The minimum Gasteiger partial charge on any atom is -0.508 e. The van der Waals surface area contributed by atoms with Gasteiger partial charge in [-0.25, -0.2) is 4.39 Å². The number of aliphatic hydroxyl groups is 2. The van der Waals surface area contributed by atoms with Crippen molar-refractivity contribution >= 4 is 10.8 Å². The second kappa shape index (κ2) is 7.73. The quantitative estimate of drug-likeness (QED) is 0.629. The second-order valence-electron chi connectivity index (χ2n) is 7.36. The van der Waals surface area contributed by atoms with Crippen LogP contribution in [0.3, 0.4) is 0 Å². The predicted octanol–water partition coefficient (Wildman–Crippen LogP) is 3.30. The first kappa shape index (κ1) is 20.0. The number of benzene rings is 2. The van der Waals surface area contributed by atoms with Crippen molar-refractivity contribution in [3.05, 3.63) is 63.8 Å². The monoisotopic (exact) mass is 385 g/mol. The molecule has 0 spiro atoms. The van der Waals surface area contributed by atoms with Gasteiger partial charge in [-0.1, -0.05) is 19.9 Å². The van der Waals surface area contributed by atoms with Gasteiger partial charge in [0.2, 0.25) is 0 Å². The second-order valence-corrected chi connectivity index (χ2v) is 7.36. The summed E-state index contributed by atoms with van der Waals surface area (Å²) in [7, 11) is 0. The number of pyridine rings is 1. The van der Waals surface area contributed by atoms with Crippen LogP contribution in [-0.2, 0) is 6.54 Å². The molecule has 1 aromatic heterocycles. The summed E-state index contributed by atoms with van der Waals surface area (Å²) >= 11 is 0. The summed E-state index contributed by atoms with van der Waals surface area (Å²) in [6.07, 6.45) is -1.10. The summed E-state index contributed by atoms with van der Waals surface area (Å²) in [6.45, 7) is 4.98. The van der Waals surface area contributed by atoms with Gasteiger partial charge in [-0.05, 0) is 59.7 Å². The van der Waals surface area contributed by atoms with Gasteiger partial charge in [0.1, 0.15) is 11.6 Å². The lowest BCUT2D eigenvalue weighted by Gasteiger charge is -2.24. The molecule has 0 saturated carbocycles. The fourth-order valence-corrected chi connectivity index (χ4v) is 3.61. The molecule has 0 aliphatic carbocycles. The van der Waals surface area contributed by atoms with E-state index in [0.29, 0.717) is 22.0 Å². The van der Waals surface area contributed by atoms with Crippen molar-refractivity contribution in [1.29, 1.82) is 0 Å². The first-order valence-electron chi connectivity index (χ1n) is 9.19. The van der Waals surface area contributed by atoms with Gasteiger partial charge >= 0.3 is 0 Å². The maximum Gasteiger partial charge on any atom is 0.258 e. The number of hydrogen-bond donors (Lipinski definition) is 3. The summed E-state index contributed by atoms with van der Waals surface area (Å²) in [5, 5.41) is 30.1. The Labute approximate surface area is 162 Å². The highest BCUT2D eigenvalue weighted by atomic mass is 19.1. The normalized spacial score (nSPS) is 12.7. The van der Waals surface area contributed by atoms with Gasteiger partial charge in [0, 0.05) is 11.3 Å². The molecule has 28 heavy (non-hydrogen) atoms.